The Hall–Kier alpha value is -1.04. The van der Waals surface area contributed by atoms with Crippen molar-refractivity contribution in [2.24, 2.45) is 5.41 Å². The molecule has 0 amide bonds. The first-order valence-corrected chi connectivity index (χ1v) is 7.92. The van der Waals surface area contributed by atoms with E-state index in [-0.39, 0.29) is 11.5 Å². The van der Waals surface area contributed by atoms with Crippen LogP contribution in [0.1, 0.15) is 32.7 Å². The molecule has 0 spiro atoms. The van der Waals surface area contributed by atoms with Gasteiger partial charge in [0.1, 0.15) is 16.6 Å². The summed E-state index contributed by atoms with van der Waals surface area (Å²) in [7, 11) is 1.69. The zero-order valence-electron chi connectivity index (χ0n) is 12.6. The van der Waals surface area contributed by atoms with E-state index >= 15 is 0 Å². The Morgan fingerprint density at radius 1 is 1.24 bits per heavy atom. The maximum Gasteiger partial charge on any atom is 0.144 e. The molecule has 1 aromatic carbocycles. The van der Waals surface area contributed by atoms with Gasteiger partial charge in [-0.25, -0.2) is 4.98 Å². The van der Waals surface area contributed by atoms with E-state index in [0.29, 0.717) is 4.64 Å². The van der Waals surface area contributed by atoms with Gasteiger partial charge in [-0.15, -0.1) is 0 Å². The van der Waals surface area contributed by atoms with Gasteiger partial charge in [0.15, 0.2) is 0 Å². The van der Waals surface area contributed by atoms with E-state index in [9.17, 15) is 0 Å². The van der Waals surface area contributed by atoms with Crippen molar-refractivity contribution in [2.45, 2.75) is 26.9 Å². The van der Waals surface area contributed by atoms with Gasteiger partial charge in [0.05, 0.1) is 10.2 Å². The molecule has 1 aromatic heterocycles. The lowest BCUT2D eigenvalue weighted by Gasteiger charge is -2.28. The molecule has 2 aromatic rings. The third kappa shape index (κ3) is 3.59. The molecule has 0 aliphatic carbocycles. The third-order valence-electron chi connectivity index (χ3n) is 3.22. The van der Waals surface area contributed by atoms with Crippen LogP contribution in [0.5, 0.6) is 0 Å². The molecule has 0 saturated carbocycles. The Labute approximate surface area is 138 Å². The van der Waals surface area contributed by atoms with Gasteiger partial charge >= 0.3 is 0 Å². The molecule has 0 aliphatic heterocycles. The number of hydrogen-bond acceptors (Lipinski definition) is 3. The second-order valence-corrected chi connectivity index (χ2v) is 7.14. The smallest absolute Gasteiger partial charge is 0.144 e. The minimum Gasteiger partial charge on any atom is -0.373 e. The van der Waals surface area contributed by atoms with Gasteiger partial charge in [-0.3, -0.25) is 0 Å². The van der Waals surface area contributed by atoms with Crippen LogP contribution < -0.4 is 0 Å². The van der Waals surface area contributed by atoms with Gasteiger partial charge in [-0.1, -0.05) is 63.3 Å². The Morgan fingerprint density at radius 2 is 1.86 bits per heavy atom. The minimum atomic E-state index is -0.158. The summed E-state index contributed by atoms with van der Waals surface area (Å²) in [5.74, 6) is 0.747. The Balaban J connectivity index is 2.62. The third-order valence-corrected chi connectivity index (χ3v) is 4.55. The van der Waals surface area contributed by atoms with Gasteiger partial charge in [0.25, 0.3) is 0 Å². The second-order valence-electron chi connectivity index (χ2n) is 5.96. The fourth-order valence-corrected chi connectivity index (χ4v) is 2.90. The number of rotatable bonds is 3. The van der Waals surface area contributed by atoms with Crippen LogP contribution in [-0.2, 0) is 4.74 Å². The van der Waals surface area contributed by atoms with E-state index in [0.717, 1.165) is 21.6 Å². The second kappa shape index (κ2) is 6.38. The molecule has 0 radical (unpaired) electrons. The van der Waals surface area contributed by atoms with E-state index in [4.69, 9.17) is 17.0 Å². The fraction of sp³-hybridized carbons (Fsp3) is 0.375. The van der Waals surface area contributed by atoms with Crippen LogP contribution in [0.15, 0.2) is 34.8 Å². The monoisotopic (exact) mass is 366 g/mol. The lowest BCUT2D eigenvalue weighted by molar-refractivity contribution is 0.00864. The predicted molar refractivity (Wildman–Crippen MR) is 91.8 cm³/mol. The molecule has 1 N–H and O–H groups in total. The van der Waals surface area contributed by atoms with Crippen LogP contribution in [-0.4, -0.2) is 17.1 Å². The largest absolute Gasteiger partial charge is 0.373 e. The minimum absolute atomic E-state index is 0.0815. The summed E-state index contributed by atoms with van der Waals surface area (Å²) in [6.07, 6.45) is -0.158. The number of methoxy groups -OCH3 is 1. The topological polar surface area (TPSA) is 37.9 Å². The highest BCUT2D eigenvalue weighted by molar-refractivity contribution is 9.10. The molecule has 3 nitrogen and oxygen atoms in total. The fourth-order valence-electron chi connectivity index (χ4n) is 2.28. The number of ether oxygens (including phenoxy) is 1. The quantitative estimate of drug-likeness (QED) is 0.748. The van der Waals surface area contributed by atoms with Crippen molar-refractivity contribution in [3.8, 4) is 11.3 Å². The van der Waals surface area contributed by atoms with Gasteiger partial charge in [0.2, 0.25) is 0 Å². The molecule has 5 heteroatoms. The van der Waals surface area contributed by atoms with E-state index in [1.807, 2.05) is 30.3 Å². The zero-order valence-corrected chi connectivity index (χ0v) is 15.0. The number of aromatic amines is 1. The molecule has 1 unspecified atom stereocenters. The van der Waals surface area contributed by atoms with Crippen molar-refractivity contribution in [1.82, 2.24) is 9.97 Å². The van der Waals surface area contributed by atoms with E-state index in [2.05, 4.69) is 46.7 Å². The SMILES string of the molecule is COC(c1nc(=S)c(Br)c(-c2ccccc2)[nH]1)C(C)(C)C. The summed E-state index contributed by atoms with van der Waals surface area (Å²) in [4.78, 5) is 7.86. The number of nitrogens with zero attached hydrogens (tertiary/aromatic N) is 1. The van der Waals surface area contributed by atoms with Gasteiger partial charge in [-0.05, 0) is 26.9 Å². The highest BCUT2D eigenvalue weighted by atomic mass is 79.9. The number of H-pyrrole nitrogens is 1. The first-order valence-electron chi connectivity index (χ1n) is 6.72. The van der Waals surface area contributed by atoms with E-state index in [1.165, 1.54) is 0 Å². The lowest BCUT2D eigenvalue weighted by atomic mass is 9.88. The summed E-state index contributed by atoms with van der Waals surface area (Å²) >= 11 is 8.92. The van der Waals surface area contributed by atoms with Gasteiger partial charge in [-0.2, -0.15) is 0 Å². The Morgan fingerprint density at radius 3 is 2.38 bits per heavy atom. The van der Waals surface area contributed by atoms with Crippen molar-refractivity contribution >= 4 is 28.1 Å². The van der Waals surface area contributed by atoms with Crippen LogP contribution in [0, 0.1) is 10.1 Å². The maximum absolute atomic E-state index is 5.63. The molecule has 0 bridgehead atoms. The molecule has 1 atom stereocenters. The van der Waals surface area contributed by atoms with Crippen LogP contribution in [0.2, 0.25) is 0 Å². The van der Waals surface area contributed by atoms with Crippen molar-refractivity contribution in [3.63, 3.8) is 0 Å². The van der Waals surface area contributed by atoms with Gasteiger partial charge < -0.3 is 9.72 Å². The maximum atomic E-state index is 5.63. The molecule has 0 fully saturated rings. The Kier molecular flexibility index (Phi) is 4.96. The highest BCUT2D eigenvalue weighted by Gasteiger charge is 2.29. The van der Waals surface area contributed by atoms with Crippen LogP contribution in [0.25, 0.3) is 11.3 Å². The number of hydrogen-bond donors (Lipinski definition) is 1. The summed E-state index contributed by atoms with van der Waals surface area (Å²) in [6.45, 7) is 6.35. The lowest BCUT2D eigenvalue weighted by Crippen LogP contribution is -2.22. The van der Waals surface area contributed by atoms with Crippen molar-refractivity contribution in [1.29, 1.82) is 0 Å². The summed E-state index contributed by atoms with van der Waals surface area (Å²) in [6, 6.07) is 10.1. The summed E-state index contributed by atoms with van der Waals surface area (Å²) in [5.41, 5.74) is 1.90. The zero-order chi connectivity index (χ0) is 15.6. The molecule has 112 valence electrons. The van der Waals surface area contributed by atoms with Crippen LogP contribution in [0.4, 0.5) is 0 Å². The average Bonchev–Trinajstić information content (AvgIpc) is 2.42. The normalized spacial score (nSPS) is 13.2. The molecule has 0 aliphatic rings. The average molecular weight is 367 g/mol. The summed E-state index contributed by atoms with van der Waals surface area (Å²) in [5, 5.41) is 0. The standard InChI is InChI=1S/C16H19BrN2OS/c1-16(2,3)13(20-4)14-18-12(11(17)15(21)19-14)10-8-6-5-7-9-10/h5-9,13H,1-4H3,(H,18,19,21). The van der Waals surface area contributed by atoms with E-state index < -0.39 is 0 Å². The van der Waals surface area contributed by atoms with Crippen LogP contribution in [0.3, 0.4) is 0 Å². The first-order chi connectivity index (χ1) is 9.84. The summed E-state index contributed by atoms with van der Waals surface area (Å²) < 4.78 is 6.97. The van der Waals surface area contributed by atoms with Crippen LogP contribution >= 0.6 is 28.1 Å². The molecule has 0 saturated heterocycles. The highest BCUT2D eigenvalue weighted by Crippen LogP contribution is 2.36. The van der Waals surface area contributed by atoms with Crippen molar-refractivity contribution in [3.05, 3.63) is 45.3 Å². The molecule has 1 heterocycles. The van der Waals surface area contributed by atoms with Crippen molar-refractivity contribution in [2.75, 3.05) is 7.11 Å². The molecular formula is C16H19BrN2OS. The Bertz CT molecular complexity index is 677. The molecule has 2 rings (SSSR count). The number of aromatic nitrogens is 2. The number of nitrogens with one attached hydrogen (secondary N) is 1. The predicted octanol–water partition coefficient (Wildman–Crippen LogP) is 5.30. The molecular weight excluding hydrogens is 348 g/mol. The van der Waals surface area contributed by atoms with Crippen molar-refractivity contribution < 1.29 is 4.74 Å². The molecule has 21 heavy (non-hydrogen) atoms. The van der Waals surface area contributed by atoms with Gasteiger partial charge in [0, 0.05) is 7.11 Å². The van der Waals surface area contributed by atoms with E-state index in [1.54, 1.807) is 7.11 Å². The number of benzene rings is 1. The number of halogens is 1. The first kappa shape index (κ1) is 16.3.